The van der Waals surface area contributed by atoms with Crippen LogP contribution in [-0.2, 0) is 14.4 Å². The van der Waals surface area contributed by atoms with Crippen LogP contribution >= 0.6 is 0 Å². The average Bonchev–Trinajstić information content (AvgIpc) is 2.40. The van der Waals surface area contributed by atoms with Crippen molar-refractivity contribution in [2.24, 2.45) is 27.9 Å². The Balaban J connectivity index is 0. The van der Waals surface area contributed by atoms with Crippen molar-refractivity contribution in [3.05, 3.63) is 0 Å². The Morgan fingerprint density at radius 1 is 1.05 bits per heavy atom. The highest BCUT2D eigenvalue weighted by Gasteiger charge is 2.09. The number of aliphatic carboxylic acids is 3. The minimum Gasteiger partial charge on any atom is -0.550 e. The van der Waals surface area contributed by atoms with Gasteiger partial charge in [-0.25, -0.2) is 0 Å². The molecule has 0 aromatic carbocycles. The van der Waals surface area contributed by atoms with Crippen molar-refractivity contribution in [3.8, 4) is 0 Å². The van der Waals surface area contributed by atoms with Gasteiger partial charge in [0.05, 0.1) is 5.97 Å². The van der Waals surface area contributed by atoms with Crippen LogP contribution in [0.2, 0.25) is 0 Å². The van der Waals surface area contributed by atoms with Gasteiger partial charge in [0.1, 0.15) is 6.04 Å². The molecule has 0 bridgehead atoms. The smallest absolute Gasteiger partial charge is 0.320 e. The zero-order chi connectivity index (χ0) is 17.7. The second-order valence-electron chi connectivity index (χ2n) is 4.23. The van der Waals surface area contributed by atoms with Crippen LogP contribution in [0.25, 0.3) is 0 Å². The fourth-order valence-corrected chi connectivity index (χ4v) is 1.03. The number of aliphatic imine (C=N–C) groups is 1. The van der Waals surface area contributed by atoms with Crippen LogP contribution in [0, 0.1) is 0 Å². The number of hydrogen-bond donors (Lipinski definition) is 5. The molecule has 0 saturated heterocycles. The van der Waals surface area contributed by atoms with Gasteiger partial charge in [0, 0.05) is 18.6 Å². The fraction of sp³-hybridized carbons (Fsp3) is 0.636. The topological polar surface area (TPSA) is 234 Å². The predicted molar refractivity (Wildman–Crippen MR) is 72.7 cm³/mol. The van der Waals surface area contributed by atoms with Crippen molar-refractivity contribution in [1.82, 2.24) is 0 Å². The summed E-state index contributed by atoms with van der Waals surface area (Å²) in [5.41, 5.74) is 20.2. The first-order valence-electron chi connectivity index (χ1n) is 6.28. The van der Waals surface area contributed by atoms with Gasteiger partial charge in [0.2, 0.25) is 0 Å². The molecule has 0 unspecified atom stereocenters. The van der Waals surface area contributed by atoms with E-state index in [9.17, 15) is 24.6 Å². The van der Waals surface area contributed by atoms with Gasteiger partial charge >= 0.3 is 5.97 Å². The van der Waals surface area contributed by atoms with E-state index in [4.69, 9.17) is 28.0 Å². The molecule has 22 heavy (non-hydrogen) atoms. The van der Waals surface area contributed by atoms with E-state index in [1.165, 1.54) is 0 Å². The van der Waals surface area contributed by atoms with E-state index >= 15 is 0 Å². The molecule has 0 saturated carbocycles. The summed E-state index contributed by atoms with van der Waals surface area (Å²) in [6, 6.07) is -2.03. The lowest BCUT2D eigenvalue weighted by atomic mass is 10.2. The maximum Gasteiger partial charge on any atom is 0.320 e. The van der Waals surface area contributed by atoms with Gasteiger partial charge in [-0.15, -0.1) is 0 Å². The molecule has 11 nitrogen and oxygen atoms in total. The molecule has 0 spiro atoms. The van der Waals surface area contributed by atoms with Gasteiger partial charge in [0.25, 0.3) is 0 Å². The molecule has 0 heterocycles. The van der Waals surface area contributed by atoms with E-state index in [-0.39, 0.29) is 18.8 Å². The van der Waals surface area contributed by atoms with Crippen molar-refractivity contribution in [2.75, 3.05) is 6.54 Å². The Labute approximate surface area is 127 Å². The molecule has 0 radical (unpaired) electrons. The third kappa shape index (κ3) is 15.7. The zero-order valence-corrected chi connectivity index (χ0v) is 11.9. The number of carboxylic acid groups (broad SMARTS) is 3. The maximum absolute atomic E-state index is 10.2. The van der Waals surface area contributed by atoms with Crippen LogP contribution < -0.4 is 33.1 Å². The average molecular weight is 319 g/mol. The summed E-state index contributed by atoms with van der Waals surface area (Å²) in [7, 11) is 0. The van der Waals surface area contributed by atoms with E-state index in [0.29, 0.717) is 19.4 Å². The molecule has 0 aromatic heterocycles. The number of carbonyl (C=O) groups is 3. The van der Waals surface area contributed by atoms with Crippen LogP contribution in [0.15, 0.2) is 4.99 Å². The number of nitrogens with zero attached hydrogens (tertiary/aromatic N) is 1. The molecule has 9 N–H and O–H groups in total. The van der Waals surface area contributed by atoms with Gasteiger partial charge in [-0.1, -0.05) is 0 Å². The minimum absolute atomic E-state index is 0.0129. The Morgan fingerprint density at radius 2 is 1.59 bits per heavy atom. The summed E-state index contributed by atoms with van der Waals surface area (Å²) in [4.78, 5) is 33.5. The van der Waals surface area contributed by atoms with Gasteiger partial charge in [-0.3, -0.25) is 9.79 Å². The molecule has 0 aliphatic rings. The highest BCUT2D eigenvalue weighted by atomic mass is 16.4. The fourth-order valence-electron chi connectivity index (χ4n) is 1.03. The first kappa shape index (κ1) is 21.9. The maximum atomic E-state index is 10.2. The zero-order valence-electron chi connectivity index (χ0n) is 11.9. The molecule has 0 rings (SSSR count). The van der Waals surface area contributed by atoms with Crippen molar-refractivity contribution in [3.63, 3.8) is 0 Å². The number of hydrogen-bond acceptors (Lipinski definition) is 8. The second kappa shape index (κ2) is 12.3. The van der Waals surface area contributed by atoms with Gasteiger partial charge in [0.15, 0.2) is 5.96 Å². The third-order valence-corrected chi connectivity index (χ3v) is 2.25. The third-order valence-electron chi connectivity index (χ3n) is 2.25. The first-order valence-corrected chi connectivity index (χ1v) is 6.28. The van der Waals surface area contributed by atoms with E-state index in [1.807, 2.05) is 0 Å². The predicted octanol–water partition coefficient (Wildman–Crippen LogP) is -4.95. The van der Waals surface area contributed by atoms with Crippen molar-refractivity contribution < 1.29 is 29.7 Å². The van der Waals surface area contributed by atoms with Gasteiger partial charge in [-0.05, 0) is 25.7 Å². The highest BCUT2D eigenvalue weighted by Crippen LogP contribution is 1.94. The molecular weight excluding hydrogens is 298 g/mol. The van der Waals surface area contributed by atoms with Crippen LogP contribution in [0.5, 0.6) is 0 Å². The number of nitrogens with two attached hydrogens (primary N) is 4. The van der Waals surface area contributed by atoms with Gasteiger partial charge in [-0.2, -0.15) is 0 Å². The van der Waals surface area contributed by atoms with Crippen molar-refractivity contribution >= 4 is 23.9 Å². The summed E-state index contributed by atoms with van der Waals surface area (Å²) in [6.45, 7) is 0.420. The largest absolute Gasteiger partial charge is 0.550 e. The normalized spacial score (nSPS) is 12.3. The van der Waals surface area contributed by atoms with Crippen LogP contribution in [0.3, 0.4) is 0 Å². The lowest BCUT2D eigenvalue weighted by molar-refractivity contribution is -0.309. The molecule has 2 atom stereocenters. The Hall–Kier alpha value is -2.40. The summed E-state index contributed by atoms with van der Waals surface area (Å²) >= 11 is 0. The molecule has 11 heteroatoms. The quantitative estimate of drug-likeness (QED) is 0.154. The SMILES string of the molecule is NC(N)=NCCC[C@H](N)C(=O)O.N[C@@H](CCC(=O)[O-])C(=O)[O-]. The lowest BCUT2D eigenvalue weighted by Crippen LogP contribution is -2.42. The Morgan fingerprint density at radius 3 is 1.95 bits per heavy atom. The summed E-state index contributed by atoms with van der Waals surface area (Å²) in [6.07, 6.45) is 0.456. The number of carbonyl (C=O) groups excluding carboxylic acids is 2. The summed E-state index contributed by atoms with van der Waals surface area (Å²) in [5.74, 6) is -3.74. The molecular formula is C11H21N5O6-2. The molecule has 128 valence electrons. The first-order chi connectivity index (χ1) is 10.1. The second-order valence-corrected chi connectivity index (χ2v) is 4.23. The lowest BCUT2D eigenvalue weighted by Gasteiger charge is -2.11. The van der Waals surface area contributed by atoms with Crippen LogP contribution in [0.1, 0.15) is 25.7 Å². The van der Waals surface area contributed by atoms with Crippen LogP contribution in [0.4, 0.5) is 0 Å². The molecule has 0 aliphatic carbocycles. The minimum atomic E-state index is -1.44. The van der Waals surface area contributed by atoms with Crippen molar-refractivity contribution in [2.45, 2.75) is 37.8 Å². The van der Waals surface area contributed by atoms with Crippen molar-refractivity contribution in [1.29, 1.82) is 0 Å². The van der Waals surface area contributed by atoms with Gasteiger partial charge < -0.3 is 47.8 Å². The van der Waals surface area contributed by atoms with Crippen LogP contribution in [-0.4, -0.2) is 47.6 Å². The number of carboxylic acids is 3. The molecule has 0 aliphatic heterocycles. The van der Waals surface area contributed by atoms with E-state index < -0.39 is 30.0 Å². The summed E-state index contributed by atoms with van der Waals surface area (Å²) < 4.78 is 0. The Bertz CT molecular complexity index is 396. The van der Waals surface area contributed by atoms with E-state index in [0.717, 1.165) is 0 Å². The summed E-state index contributed by atoms with van der Waals surface area (Å²) in [5, 5.41) is 28.0. The monoisotopic (exact) mass is 319 g/mol. The molecule has 0 fully saturated rings. The molecule has 0 amide bonds. The highest BCUT2D eigenvalue weighted by molar-refractivity contribution is 5.75. The Kier molecular flexibility index (Phi) is 12.3. The van der Waals surface area contributed by atoms with E-state index in [1.54, 1.807) is 0 Å². The number of guanidine groups is 1. The number of rotatable bonds is 9. The van der Waals surface area contributed by atoms with E-state index in [2.05, 4.69) is 4.99 Å². The molecule has 0 aromatic rings. The standard InChI is InChI=1S/C6H14N4O2.C5H9NO4/c7-4(5(11)12)2-1-3-10-6(8)9;6-3(5(9)10)1-2-4(7)8/h4H,1-3,7H2,(H,11,12)(H4,8,9,10);3H,1-2,6H2,(H,7,8)(H,9,10)/p-2/t4-;3-/m00/s1.